The van der Waals surface area contributed by atoms with E-state index in [1.54, 1.807) is 22.3 Å². The summed E-state index contributed by atoms with van der Waals surface area (Å²) in [4.78, 5) is 0. The molecule has 0 N–H and O–H groups in total. The van der Waals surface area contributed by atoms with Gasteiger partial charge >= 0.3 is 0 Å². The van der Waals surface area contributed by atoms with Crippen LogP contribution >= 0.6 is 0 Å². The lowest BCUT2D eigenvalue weighted by atomic mass is 9.43. The third kappa shape index (κ3) is 1.40. The second-order valence-corrected chi connectivity index (χ2v) is 8.77. The first-order valence-corrected chi connectivity index (χ1v) is 9.48. The SMILES string of the molecule is Cc1ccc2c(c1)-c1ccccc1C21C2CC3CC(C2)CC1C3. The average molecular weight is 300 g/mol. The van der Waals surface area contributed by atoms with Crippen LogP contribution in [-0.4, -0.2) is 0 Å². The fourth-order valence-electron chi connectivity index (χ4n) is 7.27. The normalized spacial score (nSPS) is 38.8. The van der Waals surface area contributed by atoms with Gasteiger partial charge in [0, 0.05) is 5.41 Å². The topological polar surface area (TPSA) is 0 Å². The molecule has 0 aliphatic heterocycles. The molecule has 0 atom stereocenters. The zero-order valence-electron chi connectivity index (χ0n) is 13.9. The summed E-state index contributed by atoms with van der Waals surface area (Å²) in [6.45, 7) is 2.24. The molecule has 0 unspecified atom stereocenters. The maximum Gasteiger partial charge on any atom is 0.0271 e. The minimum Gasteiger partial charge on any atom is -0.0619 e. The smallest absolute Gasteiger partial charge is 0.0271 e. The van der Waals surface area contributed by atoms with Crippen molar-refractivity contribution < 1.29 is 0 Å². The number of hydrogen-bond donors (Lipinski definition) is 0. The van der Waals surface area contributed by atoms with Crippen LogP contribution in [0.4, 0.5) is 0 Å². The number of aryl methyl sites for hydroxylation is 1. The van der Waals surface area contributed by atoms with E-state index in [2.05, 4.69) is 49.4 Å². The van der Waals surface area contributed by atoms with Crippen LogP contribution in [0.1, 0.15) is 48.8 Å². The van der Waals surface area contributed by atoms with Crippen molar-refractivity contribution in [1.29, 1.82) is 0 Å². The Balaban J connectivity index is 1.68. The largest absolute Gasteiger partial charge is 0.0619 e. The van der Waals surface area contributed by atoms with Gasteiger partial charge in [0.1, 0.15) is 0 Å². The van der Waals surface area contributed by atoms with Gasteiger partial charge < -0.3 is 0 Å². The molecule has 2 aromatic rings. The Hall–Kier alpha value is -1.56. The highest BCUT2D eigenvalue weighted by atomic mass is 14.6. The molecule has 116 valence electrons. The van der Waals surface area contributed by atoms with E-state index in [1.165, 1.54) is 37.7 Å². The molecule has 2 aromatic carbocycles. The highest BCUT2D eigenvalue weighted by Crippen LogP contribution is 2.69. The van der Waals surface area contributed by atoms with Crippen LogP contribution < -0.4 is 0 Å². The summed E-state index contributed by atoms with van der Waals surface area (Å²) in [5.41, 5.74) is 8.20. The Bertz CT molecular complexity index is 785. The van der Waals surface area contributed by atoms with Gasteiger partial charge in [0.25, 0.3) is 0 Å². The van der Waals surface area contributed by atoms with Gasteiger partial charge in [-0.3, -0.25) is 0 Å². The molecule has 5 aliphatic rings. The van der Waals surface area contributed by atoms with Crippen LogP contribution in [0.3, 0.4) is 0 Å². The van der Waals surface area contributed by atoms with Gasteiger partial charge in [0.15, 0.2) is 0 Å². The Morgan fingerprint density at radius 2 is 1.39 bits per heavy atom. The lowest BCUT2D eigenvalue weighted by Crippen LogP contribution is -2.55. The second-order valence-electron chi connectivity index (χ2n) is 8.77. The Kier molecular flexibility index (Phi) is 2.28. The summed E-state index contributed by atoms with van der Waals surface area (Å²) in [6.07, 6.45) is 7.46. The molecule has 0 radical (unpaired) electrons. The molecular formula is C23H24. The summed E-state index contributed by atoms with van der Waals surface area (Å²) in [5, 5.41) is 0. The molecule has 0 heterocycles. The molecule has 1 spiro atoms. The van der Waals surface area contributed by atoms with Crippen LogP contribution in [0.25, 0.3) is 11.1 Å². The lowest BCUT2D eigenvalue weighted by Gasteiger charge is -2.61. The second kappa shape index (κ2) is 4.09. The zero-order chi connectivity index (χ0) is 15.2. The summed E-state index contributed by atoms with van der Waals surface area (Å²) in [7, 11) is 0. The van der Waals surface area contributed by atoms with E-state index in [9.17, 15) is 0 Å². The third-order valence-corrected chi connectivity index (χ3v) is 7.71. The van der Waals surface area contributed by atoms with Crippen LogP contribution in [0.5, 0.6) is 0 Å². The van der Waals surface area contributed by atoms with Crippen LogP contribution in [0, 0.1) is 30.6 Å². The van der Waals surface area contributed by atoms with Crippen LogP contribution in [0.15, 0.2) is 42.5 Å². The van der Waals surface area contributed by atoms with E-state index >= 15 is 0 Å². The van der Waals surface area contributed by atoms with Crippen molar-refractivity contribution >= 4 is 0 Å². The van der Waals surface area contributed by atoms with E-state index in [4.69, 9.17) is 0 Å². The Morgan fingerprint density at radius 1 is 0.739 bits per heavy atom. The molecule has 0 nitrogen and oxygen atoms in total. The monoisotopic (exact) mass is 300 g/mol. The third-order valence-electron chi connectivity index (χ3n) is 7.71. The number of rotatable bonds is 0. The maximum absolute atomic E-state index is 2.49. The first kappa shape index (κ1) is 12.8. The Labute approximate surface area is 138 Å². The highest BCUT2D eigenvalue weighted by molar-refractivity contribution is 5.82. The molecule has 4 fully saturated rings. The van der Waals surface area contributed by atoms with Crippen molar-refractivity contribution in [3.8, 4) is 11.1 Å². The first-order valence-electron chi connectivity index (χ1n) is 9.48. The standard InChI is InChI=1S/C23H24/c1-14-6-7-22-20(8-14)19-4-2-3-5-21(19)23(22)17-10-15-9-16(12-17)13-18(23)11-15/h2-8,15-18H,9-13H2,1H3. The first-order chi connectivity index (χ1) is 11.3. The summed E-state index contributed by atoms with van der Waals surface area (Å²) >= 11 is 0. The quantitative estimate of drug-likeness (QED) is 0.584. The van der Waals surface area contributed by atoms with Crippen molar-refractivity contribution in [2.24, 2.45) is 23.7 Å². The summed E-state index contributed by atoms with van der Waals surface area (Å²) in [5.74, 6) is 3.85. The zero-order valence-corrected chi connectivity index (χ0v) is 13.9. The van der Waals surface area contributed by atoms with Gasteiger partial charge in [0.05, 0.1) is 0 Å². The fraction of sp³-hybridized carbons (Fsp3) is 0.478. The van der Waals surface area contributed by atoms with Crippen LogP contribution in [-0.2, 0) is 5.41 Å². The van der Waals surface area contributed by atoms with Gasteiger partial charge in [-0.2, -0.15) is 0 Å². The summed E-state index contributed by atoms with van der Waals surface area (Å²) in [6, 6.07) is 16.7. The van der Waals surface area contributed by atoms with E-state index in [1.807, 2.05) is 0 Å². The minimum absolute atomic E-state index is 0.354. The van der Waals surface area contributed by atoms with Crippen LogP contribution in [0.2, 0.25) is 0 Å². The molecule has 7 rings (SSSR count). The lowest BCUT2D eigenvalue weighted by molar-refractivity contribution is -0.0399. The maximum atomic E-state index is 2.49. The molecule has 0 aromatic heterocycles. The van der Waals surface area contributed by atoms with Crippen molar-refractivity contribution in [3.63, 3.8) is 0 Å². The predicted octanol–water partition coefficient (Wildman–Crippen LogP) is 5.72. The predicted molar refractivity (Wildman–Crippen MR) is 94.4 cm³/mol. The van der Waals surface area contributed by atoms with E-state index < -0.39 is 0 Å². The average Bonchev–Trinajstić information content (AvgIpc) is 2.83. The van der Waals surface area contributed by atoms with Gasteiger partial charge in [0.2, 0.25) is 0 Å². The minimum atomic E-state index is 0.354. The molecular weight excluding hydrogens is 276 g/mol. The van der Waals surface area contributed by atoms with E-state index in [0.29, 0.717) is 5.41 Å². The molecule has 5 aliphatic carbocycles. The summed E-state index contributed by atoms with van der Waals surface area (Å²) < 4.78 is 0. The molecule has 4 saturated carbocycles. The number of hydrogen-bond acceptors (Lipinski definition) is 0. The van der Waals surface area contributed by atoms with E-state index in [0.717, 1.165) is 23.7 Å². The fourth-order valence-corrected chi connectivity index (χ4v) is 7.27. The molecule has 0 heteroatoms. The number of benzene rings is 2. The van der Waals surface area contributed by atoms with Crippen molar-refractivity contribution in [1.82, 2.24) is 0 Å². The molecule has 4 bridgehead atoms. The van der Waals surface area contributed by atoms with Gasteiger partial charge in [-0.25, -0.2) is 0 Å². The van der Waals surface area contributed by atoms with Gasteiger partial charge in [-0.1, -0.05) is 48.0 Å². The van der Waals surface area contributed by atoms with Gasteiger partial charge in [-0.15, -0.1) is 0 Å². The van der Waals surface area contributed by atoms with Crippen molar-refractivity contribution in [2.45, 2.75) is 44.4 Å². The number of fused-ring (bicyclic) bond motifs is 3. The van der Waals surface area contributed by atoms with Crippen molar-refractivity contribution in [3.05, 3.63) is 59.2 Å². The van der Waals surface area contributed by atoms with Crippen molar-refractivity contribution in [2.75, 3.05) is 0 Å². The molecule has 0 saturated heterocycles. The highest BCUT2D eigenvalue weighted by Gasteiger charge is 2.61. The molecule has 23 heavy (non-hydrogen) atoms. The Morgan fingerprint density at radius 3 is 2.13 bits per heavy atom. The van der Waals surface area contributed by atoms with E-state index in [-0.39, 0.29) is 0 Å². The molecule has 0 amide bonds. The van der Waals surface area contributed by atoms with Gasteiger partial charge in [-0.05, 0) is 85.0 Å².